The molecule has 2 aromatic heterocycles. The van der Waals surface area contributed by atoms with E-state index >= 15 is 0 Å². The van der Waals surface area contributed by atoms with Crippen LogP contribution in [0.15, 0.2) is 72.0 Å². The van der Waals surface area contributed by atoms with Crippen LogP contribution in [-0.2, 0) is 14.6 Å². The van der Waals surface area contributed by atoms with Gasteiger partial charge in [-0.25, -0.2) is 13.4 Å². The molecule has 4 aromatic rings. The van der Waals surface area contributed by atoms with E-state index in [4.69, 9.17) is 11.6 Å². The average Bonchev–Trinajstić information content (AvgIpc) is 3.60. The average molecular weight is 523 g/mol. The summed E-state index contributed by atoms with van der Waals surface area (Å²) in [5.74, 6) is 0.756. The molecule has 2 heterocycles. The Balaban J connectivity index is 1.47. The number of sulfone groups is 1. The van der Waals surface area contributed by atoms with E-state index in [1.165, 1.54) is 29.9 Å². The summed E-state index contributed by atoms with van der Waals surface area (Å²) in [5, 5.41) is 0.533. The first-order chi connectivity index (χ1) is 17.4. The zero-order valence-corrected chi connectivity index (χ0v) is 21.3. The van der Waals surface area contributed by atoms with Gasteiger partial charge in [-0.2, -0.15) is 0 Å². The second-order valence-electron chi connectivity index (χ2n) is 9.18. The molecule has 186 valence electrons. The van der Waals surface area contributed by atoms with Crippen LogP contribution in [0.5, 0.6) is 0 Å². The lowest BCUT2D eigenvalue weighted by Gasteiger charge is -2.23. The van der Waals surface area contributed by atoms with Gasteiger partial charge in [-0.3, -0.25) is 14.7 Å². The fraction of sp³-hybridized carbons (Fsp3) is 0.296. The van der Waals surface area contributed by atoms with E-state index in [1.807, 2.05) is 30.5 Å². The molecule has 0 radical (unpaired) electrons. The monoisotopic (exact) mass is 522 g/mol. The number of nitrogens with zero attached hydrogens (tertiary/aromatic N) is 3. The highest BCUT2D eigenvalue weighted by molar-refractivity contribution is 7.92. The molecule has 1 amide bonds. The first-order valence-corrected chi connectivity index (χ1v) is 14.2. The van der Waals surface area contributed by atoms with Crippen molar-refractivity contribution in [2.75, 3.05) is 10.1 Å². The number of carbonyl (C=O) groups excluding carboxylic acids is 1. The molecule has 0 saturated heterocycles. The van der Waals surface area contributed by atoms with Gasteiger partial charge in [0, 0.05) is 29.1 Å². The Morgan fingerprint density at radius 1 is 1.06 bits per heavy atom. The molecule has 0 unspecified atom stereocenters. The van der Waals surface area contributed by atoms with E-state index < -0.39 is 15.0 Å². The fourth-order valence-corrected chi connectivity index (χ4v) is 5.91. The number of hydrogen-bond acceptors (Lipinski definition) is 5. The maximum atomic E-state index is 13.5. The molecule has 0 spiro atoms. The summed E-state index contributed by atoms with van der Waals surface area (Å²) in [6, 6.07) is 14.2. The van der Waals surface area contributed by atoms with Crippen molar-refractivity contribution < 1.29 is 13.2 Å². The van der Waals surface area contributed by atoms with E-state index in [-0.39, 0.29) is 10.8 Å². The van der Waals surface area contributed by atoms with Gasteiger partial charge in [0.05, 0.1) is 28.7 Å². The molecule has 9 heteroatoms. The van der Waals surface area contributed by atoms with Crippen LogP contribution in [0.4, 0.5) is 11.5 Å². The minimum Gasteiger partial charge on any atom is -0.361 e. The number of H-pyrrole nitrogens is 1. The van der Waals surface area contributed by atoms with Crippen LogP contribution >= 0.6 is 11.6 Å². The van der Waals surface area contributed by atoms with Crippen LogP contribution in [0.1, 0.15) is 38.5 Å². The minimum atomic E-state index is -3.65. The van der Waals surface area contributed by atoms with Crippen LogP contribution in [0.25, 0.3) is 22.2 Å². The maximum Gasteiger partial charge on any atom is 0.232 e. The van der Waals surface area contributed by atoms with Crippen molar-refractivity contribution in [1.29, 1.82) is 0 Å². The van der Waals surface area contributed by atoms with Crippen LogP contribution in [0, 0.1) is 5.92 Å². The number of anilines is 2. The number of alkyl halides is 1. The molecule has 1 saturated carbocycles. The highest BCUT2D eigenvalue weighted by atomic mass is 35.5. The van der Waals surface area contributed by atoms with Crippen molar-refractivity contribution in [3.63, 3.8) is 0 Å². The van der Waals surface area contributed by atoms with Crippen molar-refractivity contribution in [3.05, 3.63) is 67.1 Å². The summed E-state index contributed by atoms with van der Waals surface area (Å²) in [4.78, 5) is 27.3. The van der Waals surface area contributed by atoms with Crippen molar-refractivity contribution in [2.24, 2.45) is 5.92 Å². The molecule has 1 aliphatic carbocycles. The van der Waals surface area contributed by atoms with Crippen LogP contribution in [0.3, 0.4) is 0 Å². The Kier molecular flexibility index (Phi) is 7.07. The van der Waals surface area contributed by atoms with E-state index in [2.05, 4.69) is 15.0 Å². The van der Waals surface area contributed by atoms with Gasteiger partial charge in [0.15, 0.2) is 15.7 Å². The molecule has 5 rings (SSSR count). The van der Waals surface area contributed by atoms with Gasteiger partial charge in [0.1, 0.15) is 5.21 Å². The van der Waals surface area contributed by atoms with E-state index in [0.29, 0.717) is 29.5 Å². The quantitative estimate of drug-likeness (QED) is 0.277. The molecule has 0 aliphatic heterocycles. The molecule has 7 nitrogen and oxygen atoms in total. The summed E-state index contributed by atoms with van der Waals surface area (Å²) in [6.45, 7) is 0. The van der Waals surface area contributed by atoms with Crippen molar-refractivity contribution in [3.8, 4) is 11.3 Å². The Morgan fingerprint density at radius 3 is 2.64 bits per heavy atom. The lowest BCUT2D eigenvalue weighted by atomic mass is 10.0. The number of aromatic nitrogens is 3. The first-order valence-electron chi connectivity index (χ1n) is 12.1. The fourth-order valence-electron chi connectivity index (χ4n) is 4.82. The topological polar surface area (TPSA) is 96.0 Å². The molecule has 1 N–H and O–H groups in total. The summed E-state index contributed by atoms with van der Waals surface area (Å²) in [6.07, 6.45) is 11.0. The number of rotatable bonds is 8. The number of halogens is 1. The molecule has 36 heavy (non-hydrogen) atoms. The molecule has 1 fully saturated rings. The van der Waals surface area contributed by atoms with Crippen LogP contribution in [0.2, 0.25) is 0 Å². The van der Waals surface area contributed by atoms with Crippen molar-refractivity contribution >= 4 is 49.8 Å². The number of nitrogens with one attached hydrogen (secondary N) is 1. The van der Waals surface area contributed by atoms with Crippen molar-refractivity contribution in [2.45, 2.75) is 43.4 Å². The van der Waals surface area contributed by atoms with Gasteiger partial charge in [0.25, 0.3) is 0 Å². The number of aromatic amines is 1. The summed E-state index contributed by atoms with van der Waals surface area (Å²) >= 11 is 5.67. The minimum absolute atomic E-state index is 0.0629. The Labute approximate surface area is 215 Å². The number of fused-ring (bicyclic) bond motifs is 1. The van der Waals surface area contributed by atoms with Crippen LogP contribution < -0.4 is 4.90 Å². The number of benzene rings is 2. The van der Waals surface area contributed by atoms with Gasteiger partial charge in [-0.05, 0) is 48.7 Å². The number of hydrogen-bond donors (Lipinski definition) is 1. The Morgan fingerprint density at radius 2 is 1.89 bits per heavy atom. The molecule has 0 atom stereocenters. The van der Waals surface area contributed by atoms with Gasteiger partial charge < -0.3 is 4.98 Å². The third-order valence-corrected chi connectivity index (χ3v) is 8.91. The zero-order chi connectivity index (χ0) is 25.1. The third-order valence-electron chi connectivity index (χ3n) is 6.79. The highest BCUT2D eigenvalue weighted by Crippen LogP contribution is 2.32. The third kappa shape index (κ3) is 5.15. The second kappa shape index (κ2) is 10.4. The SMILES string of the molecule is O=C(CCC1CCCC1)N(c1cccc(S(=O)(=O)CCl)c1)c1cnc(-c2ccc3[nH]ccc3c2)cn1. The molecule has 2 aromatic carbocycles. The first kappa shape index (κ1) is 24.5. The van der Waals surface area contributed by atoms with Gasteiger partial charge in [-0.1, -0.05) is 37.8 Å². The molecule has 1 aliphatic rings. The lowest BCUT2D eigenvalue weighted by Crippen LogP contribution is -2.27. The maximum absolute atomic E-state index is 13.5. The Bertz CT molecular complexity index is 1480. The second-order valence-corrected chi connectivity index (χ2v) is 11.8. The smallest absolute Gasteiger partial charge is 0.232 e. The summed E-state index contributed by atoms with van der Waals surface area (Å²) in [5.41, 5.74) is 3.05. The Hall–Kier alpha value is -3.23. The highest BCUT2D eigenvalue weighted by Gasteiger charge is 2.24. The van der Waals surface area contributed by atoms with Gasteiger partial charge in [0.2, 0.25) is 5.91 Å². The van der Waals surface area contributed by atoms with E-state index in [0.717, 1.165) is 35.7 Å². The largest absolute Gasteiger partial charge is 0.361 e. The van der Waals surface area contributed by atoms with Gasteiger partial charge >= 0.3 is 0 Å². The molecular weight excluding hydrogens is 496 g/mol. The standard InChI is InChI=1S/C27H27ClN4O3S/c28-18-36(34,35)23-7-3-6-22(15-23)32(27(33)11-8-19-4-1-2-5-19)26-17-30-25(16-31-26)20-9-10-24-21(14-20)12-13-29-24/h3,6-7,9-10,12-17,19,29H,1-2,4-5,8,11,18H2. The molecule has 0 bridgehead atoms. The van der Waals surface area contributed by atoms with E-state index in [1.54, 1.807) is 24.5 Å². The predicted octanol–water partition coefficient (Wildman–Crippen LogP) is 6.23. The normalized spacial score (nSPS) is 14.4. The van der Waals surface area contributed by atoms with Crippen LogP contribution in [-0.4, -0.2) is 34.5 Å². The van der Waals surface area contributed by atoms with Crippen molar-refractivity contribution in [1.82, 2.24) is 15.0 Å². The number of amides is 1. The zero-order valence-electron chi connectivity index (χ0n) is 19.7. The lowest BCUT2D eigenvalue weighted by molar-refractivity contribution is -0.118. The van der Waals surface area contributed by atoms with Gasteiger partial charge in [-0.15, -0.1) is 11.6 Å². The summed E-state index contributed by atoms with van der Waals surface area (Å²) in [7, 11) is -3.65. The van der Waals surface area contributed by atoms with E-state index in [9.17, 15) is 13.2 Å². The predicted molar refractivity (Wildman–Crippen MR) is 142 cm³/mol. The number of carbonyl (C=O) groups is 1. The summed E-state index contributed by atoms with van der Waals surface area (Å²) < 4.78 is 24.8. The molecular formula is C27H27ClN4O3S.